The second-order valence-corrected chi connectivity index (χ2v) is 8.76. The minimum atomic E-state index is -3.92. The zero-order chi connectivity index (χ0) is 19.9. The van der Waals surface area contributed by atoms with Crippen LogP contribution in [0.25, 0.3) is 0 Å². The Kier molecular flexibility index (Phi) is 4.40. The monoisotopic (exact) mass is 389 g/mol. The maximum absolute atomic E-state index is 13.2. The molecule has 4 rings (SSSR count). The number of Topliss-reactive ketones (excluding diaryl/α,β-unsaturated/α-hetero) is 1. The van der Waals surface area contributed by atoms with E-state index in [0.29, 0.717) is 11.3 Å². The Bertz CT molecular complexity index is 1210. The molecule has 0 fully saturated rings. The molecule has 0 atom stereocenters. The van der Waals surface area contributed by atoms with Gasteiger partial charge in [0.05, 0.1) is 10.6 Å². The number of hydrogen-bond acceptors (Lipinski definition) is 4. The molecule has 28 heavy (non-hydrogen) atoms. The lowest BCUT2D eigenvalue weighted by Gasteiger charge is -2.29. The number of allylic oxidation sites excluding steroid dienone is 1. The van der Waals surface area contributed by atoms with E-state index < -0.39 is 15.6 Å². The molecule has 0 aliphatic carbocycles. The van der Waals surface area contributed by atoms with Crippen molar-refractivity contribution in [3.63, 3.8) is 0 Å². The van der Waals surface area contributed by atoms with Crippen molar-refractivity contribution in [2.24, 2.45) is 0 Å². The largest absolute Gasteiger partial charge is 0.314 e. The van der Waals surface area contributed by atoms with Gasteiger partial charge in [-0.05, 0) is 43.7 Å². The lowest BCUT2D eigenvalue weighted by molar-refractivity contribution is 0.104. The van der Waals surface area contributed by atoms with E-state index in [9.17, 15) is 13.2 Å². The van der Waals surface area contributed by atoms with E-state index in [1.165, 1.54) is 6.20 Å². The molecule has 0 bridgehead atoms. The molecule has 1 aliphatic rings. The van der Waals surface area contributed by atoms with E-state index >= 15 is 0 Å². The van der Waals surface area contributed by atoms with E-state index in [1.807, 2.05) is 38.1 Å². The van der Waals surface area contributed by atoms with Crippen LogP contribution in [0.5, 0.6) is 0 Å². The number of rotatable bonds is 3. The van der Waals surface area contributed by atoms with E-state index in [-0.39, 0.29) is 9.80 Å². The molecule has 0 aromatic heterocycles. The Hall–Kier alpha value is -3.18. The van der Waals surface area contributed by atoms with Gasteiger partial charge in [-0.15, -0.1) is 0 Å². The number of anilines is 2. The van der Waals surface area contributed by atoms with Crippen LogP contribution in [0, 0.1) is 13.8 Å². The van der Waals surface area contributed by atoms with Crippen LogP contribution < -0.4 is 4.90 Å². The Morgan fingerprint density at radius 3 is 2.25 bits per heavy atom. The fourth-order valence-corrected chi connectivity index (χ4v) is 4.82. The number of hydrogen-bond donors (Lipinski definition) is 0. The van der Waals surface area contributed by atoms with E-state index in [4.69, 9.17) is 0 Å². The van der Waals surface area contributed by atoms with E-state index in [1.54, 1.807) is 53.4 Å². The topological polar surface area (TPSA) is 54.5 Å². The third-order valence-electron chi connectivity index (χ3n) is 4.77. The number of aryl methyl sites for hydroxylation is 2. The highest BCUT2D eigenvalue weighted by Gasteiger charge is 2.35. The lowest BCUT2D eigenvalue weighted by Crippen LogP contribution is -2.25. The first kappa shape index (κ1) is 18.2. The molecular formula is C23H19NO3S. The summed E-state index contributed by atoms with van der Waals surface area (Å²) in [4.78, 5) is 14.8. The second-order valence-electron chi connectivity index (χ2n) is 6.87. The minimum Gasteiger partial charge on any atom is -0.314 e. The van der Waals surface area contributed by atoms with Gasteiger partial charge < -0.3 is 4.90 Å². The molecule has 4 nitrogen and oxygen atoms in total. The van der Waals surface area contributed by atoms with E-state index in [2.05, 4.69) is 0 Å². The van der Waals surface area contributed by atoms with Gasteiger partial charge in [0.1, 0.15) is 4.91 Å². The molecule has 5 heteroatoms. The smallest absolute Gasteiger partial charge is 0.214 e. The molecule has 0 unspecified atom stereocenters. The Morgan fingerprint density at radius 1 is 0.821 bits per heavy atom. The molecule has 0 radical (unpaired) electrons. The van der Waals surface area contributed by atoms with Crippen molar-refractivity contribution < 1.29 is 13.2 Å². The minimum absolute atomic E-state index is 0.134. The summed E-state index contributed by atoms with van der Waals surface area (Å²) < 4.78 is 26.4. The van der Waals surface area contributed by atoms with Crippen molar-refractivity contribution in [2.75, 3.05) is 4.90 Å². The van der Waals surface area contributed by atoms with Gasteiger partial charge in [0.25, 0.3) is 0 Å². The average Bonchev–Trinajstić information content (AvgIpc) is 2.68. The number of para-hydroxylation sites is 1. The number of benzene rings is 3. The maximum atomic E-state index is 13.2. The quantitative estimate of drug-likeness (QED) is 0.595. The number of carbonyl (C=O) groups is 1. The molecule has 1 aliphatic heterocycles. The number of sulfone groups is 1. The van der Waals surface area contributed by atoms with Gasteiger partial charge in [-0.3, -0.25) is 4.79 Å². The fourth-order valence-electron chi connectivity index (χ4n) is 3.28. The third kappa shape index (κ3) is 3.04. The van der Waals surface area contributed by atoms with Crippen LogP contribution in [-0.2, 0) is 9.84 Å². The van der Waals surface area contributed by atoms with Gasteiger partial charge in [-0.1, -0.05) is 54.1 Å². The molecular weight excluding hydrogens is 370 g/mol. The maximum Gasteiger partial charge on any atom is 0.214 e. The van der Waals surface area contributed by atoms with Crippen LogP contribution in [-0.4, -0.2) is 14.2 Å². The Balaban J connectivity index is 1.92. The zero-order valence-corrected chi connectivity index (χ0v) is 16.4. The fraction of sp³-hybridized carbons (Fsp3) is 0.0870. The van der Waals surface area contributed by atoms with Crippen LogP contribution in [0.4, 0.5) is 11.4 Å². The molecule has 3 aromatic carbocycles. The molecule has 0 saturated heterocycles. The molecule has 0 N–H and O–H groups in total. The second kappa shape index (κ2) is 6.77. The lowest BCUT2D eigenvalue weighted by atomic mass is 10.1. The first-order valence-corrected chi connectivity index (χ1v) is 10.4. The van der Waals surface area contributed by atoms with Gasteiger partial charge in [0.15, 0.2) is 0 Å². The predicted octanol–water partition coefficient (Wildman–Crippen LogP) is 4.95. The van der Waals surface area contributed by atoms with Crippen molar-refractivity contribution in [1.29, 1.82) is 0 Å². The summed E-state index contributed by atoms with van der Waals surface area (Å²) in [5, 5.41) is 0. The Morgan fingerprint density at radius 2 is 1.54 bits per heavy atom. The van der Waals surface area contributed by atoms with Crippen LogP contribution >= 0.6 is 0 Å². The van der Waals surface area contributed by atoms with Crippen LogP contribution in [0.2, 0.25) is 0 Å². The highest BCUT2D eigenvalue weighted by atomic mass is 32.2. The van der Waals surface area contributed by atoms with Gasteiger partial charge in [-0.2, -0.15) is 0 Å². The number of fused-ring (bicyclic) bond motifs is 1. The first-order chi connectivity index (χ1) is 13.4. The summed E-state index contributed by atoms with van der Waals surface area (Å²) in [7, 11) is -3.92. The summed E-state index contributed by atoms with van der Waals surface area (Å²) in [5.74, 6) is -0.507. The van der Waals surface area contributed by atoms with Crippen LogP contribution in [0.15, 0.2) is 88.8 Å². The van der Waals surface area contributed by atoms with Crippen molar-refractivity contribution in [3.8, 4) is 0 Å². The SMILES string of the molecule is Cc1ccc(C(=O)C2=CN(c3cccc(C)c3)c3ccccc3S2(=O)=O)cc1. The zero-order valence-electron chi connectivity index (χ0n) is 15.6. The predicted molar refractivity (Wildman–Crippen MR) is 111 cm³/mol. The van der Waals surface area contributed by atoms with Crippen molar-refractivity contribution in [3.05, 3.63) is 101 Å². The molecule has 0 amide bonds. The summed E-state index contributed by atoms with van der Waals surface area (Å²) in [6, 6.07) is 21.4. The summed E-state index contributed by atoms with van der Waals surface area (Å²) in [6.45, 7) is 3.89. The van der Waals surface area contributed by atoms with Gasteiger partial charge in [0, 0.05) is 17.5 Å². The summed E-state index contributed by atoms with van der Waals surface area (Å²) >= 11 is 0. The normalized spacial score (nSPS) is 14.9. The average molecular weight is 389 g/mol. The first-order valence-electron chi connectivity index (χ1n) is 8.91. The van der Waals surface area contributed by atoms with Gasteiger partial charge in [0.2, 0.25) is 15.6 Å². The summed E-state index contributed by atoms with van der Waals surface area (Å²) in [5.41, 5.74) is 3.74. The molecule has 140 valence electrons. The standard InChI is InChI=1S/C23H19NO3S/c1-16-10-12-18(13-11-16)23(25)22-15-24(19-7-5-6-17(2)14-19)20-8-3-4-9-21(20)28(22,26)27/h3-15H,1-2H3. The van der Waals surface area contributed by atoms with Crippen molar-refractivity contribution in [2.45, 2.75) is 18.7 Å². The van der Waals surface area contributed by atoms with Crippen LogP contribution in [0.1, 0.15) is 21.5 Å². The summed E-state index contributed by atoms with van der Waals surface area (Å²) in [6.07, 6.45) is 1.44. The Labute approximate surface area is 164 Å². The molecule has 0 saturated carbocycles. The number of nitrogens with zero attached hydrogens (tertiary/aromatic N) is 1. The van der Waals surface area contributed by atoms with Crippen molar-refractivity contribution >= 4 is 27.0 Å². The van der Waals surface area contributed by atoms with Gasteiger partial charge in [-0.25, -0.2) is 8.42 Å². The highest BCUT2D eigenvalue weighted by molar-refractivity contribution is 7.96. The number of ketones is 1. The third-order valence-corrected chi connectivity index (χ3v) is 6.56. The molecule has 1 heterocycles. The van der Waals surface area contributed by atoms with Gasteiger partial charge >= 0.3 is 0 Å². The highest BCUT2D eigenvalue weighted by Crippen LogP contribution is 2.40. The molecule has 3 aromatic rings. The number of carbonyl (C=O) groups excluding carboxylic acids is 1. The van der Waals surface area contributed by atoms with Crippen molar-refractivity contribution in [1.82, 2.24) is 0 Å². The van der Waals surface area contributed by atoms with Crippen LogP contribution in [0.3, 0.4) is 0 Å². The van der Waals surface area contributed by atoms with E-state index in [0.717, 1.165) is 16.8 Å². The molecule has 0 spiro atoms.